The van der Waals surface area contributed by atoms with Crippen molar-refractivity contribution in [1.29, 1.82) is 0 Å². The van der Waals surface area contributed by atoms with Crippen molar-refractivity contribution < 1.29 is 36.6 Å². The van der Waals surface area contributed by atoms with Crippen LogP contribution < -0.4 is 20.3 Å². The highest BCUT2D eigenvalue weighted by molar-refractivity contribution is 9.10. The molecule has 0 bridgehead atoms. The number of nitrogens with zero attached hydrogens (tertiary/aromatic N) is 2. The van der Waals surface area contributed by atoms with E-state index in [0.717, 1.165) is 24.6 Å². The molecule has 2 amide bonds. The van der Waals surface area contributed by atoms with Gasteiger partial charge in [0.05, 0.1) is 22.2 Å². The second-order valence-corrected chi connectivity index (χ2v) is 15.0. The number of phenolic OH excluding ortho intramolecular Hbond substituents is 2. The van der Waals surface area contributed by atoms with E-state index in [1.807, 2.05) is 0 Å². The molecule has 48 heavy (non-hydrogen) atoms. The van der Waals surface area contributed by atoms with Gasteiger partial charge in [0.25, 0.3) is 11.8 Å². The van der Waals surface area contributed by atoms with E-state index in [9.17, 15) is 36.6 Å². The molecular formula is C30H26Br2N6O8S2. The number of amides is 2. The zero-order chi connectivity index (χ0) is 34.9. The fraction of sp³-hybridized carbons (Fsp3) is 0.0667. The first-order valence-electron chi connectivity index (χ1n) is 13.6. The van der Waals surface area contributed by atoms with Gasteiger partial charge in [0.15, 0.2) is 0 Å². The molecule has 0 unspecified atom stereocenters. The first kappa shape index (κ1) is 36.4. The molecule has 0 spiro atoms. The van der Waals surface area contributed by atoms with Gasteiger partial charge in [-0.05, 0) is 60.7 Å². The molecule has 0 saturated heterocycles. The second kappa shape index (κ2) is 16.1. The third-order valence-electron chi connectivity index (χ3n) is 6.25. The van der Waals surface area contributed by atoms with Crippen LogP contribution in [0.1, 0.15) is 31.8 Å². The van der Waals surface area contributed by atoms with Gasteiger partial charge in [-0.15, -0.1) is 0 Å². The Bertz CT molecular complexity index is 1980. The topological polar surface area (TPSA) is 216 Å². The van der Waals surface area contributed by atoms with Crippen LogP contribution in [0.4, 0.5) is 0 Å². The summed E-state index contributed by atoms with van der Waals surface area (Å²) in [7, 11) is -8.31. The van der Waals surface area contributed by atoms with Gasteiger partial charge in [-0.2, -0.15) is 10.2 Å². The Labute approximate surface area is 292 Å². The van der Waals surface area contributed by atoms with Gasteiger partial charge in [-0.3, -0.25) is 9.59 Å². The summed E-state index contributed by atoms with van der Waals surface area (Å²) in [5, 5.41) is 28.2. The molecule has 0 fully saturated rings. The minimum atomic E-state index is -4.15. The maximum Gasteiger partial charge on any atom is 0.271 e. The minimum absolute atomic E-state index is 0.127. The van der Waals surface area contributed by atoms with Crippen LogP contribution >= 0.6 is 31.9 Å². The summed E-state index contributed by atoms with van der Waals surface area (Å²) in [5.74, 6) is -1.85. The van der Waals surface area contributed by atoms with Gasteiger partial charge in [-0.1, -0.05) is 44.0 Å². The fourth-order valence-electron chi connectivity index (χ4n) is 3.85. The van der Waals surface area contributed by atoms with E-state index in [1.165, 1.54) is 24.3 Å². The number of hydrogen-bond acceptors (Lipinski definition) is 10. The normalized spacial score (nSPS) is 12.0. The lowest BCUT2D eigenvalue weighted by atomic mass is 10.2. The number of hydrogen-bond donors (Lipinski definition) is 6. The monoisotopic (exact) mass is 820 g/mol. The van der Waals surface area contributed by atoms with E-state index in [0.29, 0.717) is 20.1 Å². The lowest BCUT2D eigenvalue weighted by Crippen LogP contribution is -2.34. The van der Waals surface area contributed by atoms with Crippen LogP contribution in [0.15, 0.2) is 114 Å². The van der Waals surface area contributed by atoms with Crippen LogP contribution in [-0.4, -0.2) is 64.4 Å². The van der Waals surface area contributed by atoms with Crippen molar-refractivity contribution in [3.8, 4) is 11.5 Å². The van der Waals surface area contributed by atoms with Crippen LogP contribution in [0.5, 0.6) is 11.5 Å². The number of carbonyl (C=O) groups is 2. The predicted molar refractivity (Wildman–Crippen MR) is 185 cm³/mol. The number of carbonyl (C=O) groups excluding carboxylic acids is 2. The molecule has 250 valence electrons. The Hall–Kier alpha value is -4.46. The Morgan fingerprint density at radius 3 is 1.38 bits per heavy atom. The maximum atomic E-state index is 12.7. The third kappa shape index (κ3) is 10.0. The number of halogens is 2. The first-order valence-corrected chi connectivity index (χ1v) is 18.1. The molecule has 0 aliphatic carbocycles. The zero-order valence-electron chi connectivity index (χ0n) is 24.5. The van der Waals surface area contributed by atoms with Gasteiger partial charge in [0.1, 0.15) is 11.5 Å². The van der Waals surface area contributed by atoms with Crippen LogP contribution in [0.3, 0.4) is 0 Å². The summed E-state index contributed by atoms with van der Waals surface area (Å²) < 4.78 is 56.7. The van der Waals surface area contributed by atoms with Crippen molar-refractivity contribution in [2.75, 3.05) is 13.1 Å². The third-order valence-corrected chi connectivity index (χ3v) is 10.2. The molecule has 0 heterocycles. The van der Waals surface area contributed by atoms with Crippen LogP contribution in [0, 0.1) is 0 Å². The molecule has 18 heteroatoms. The summed E-state index contributed by atoms with van der Waals surface area (Å²) in [6.07, 6.45) is 2.29. The lowest BCUT2D eigenvalue weighted by molar-refractivity contribution is 0.0947. The summed E-state index contributed by atoms with van der Waals surface area (Å²) >= 11 is 6.54. The van der Waals surface area contributed by atoms with E-state index in [4.69, 9.17) is 0 Å². The molecule has 4 aromatic carbocycles. The molecule has 0 aliphatic heterocycles. The lowest BCUT2D eigenvalue weighted by Gasteiger charge is -2.10. The zero-order valence-corrected chi connectivity index (χ0v) is 29.3. The summed E-state index contributed by atoms with van der Waals surface area (Å²) in [6.45, 7) is -0.691. The summed E-state index contributed by atoms with van der Waals surface area (Å²) in [4.78, 5) is 23.8. The quantitative estimate of drug-likeness (QED) is 0.0666. The van der Waals surface area contributed by atoms with Gasteiger partial charge >= 0.3 is 0 Å². The van der Waals surface area contributed by atoms with Crippen LogP contribution in [-0.2, 0) is 20.0 Å². The number of rotatable bonds is 13. The van der Waals surface area contributed by atoms with Crippen LogP contribution in [0.25, 0.3) is 0 Å². The molecule has 0 atom stereocenters. The molecule has 0 aromatic heterocycles. The van der Waals surface area contributed by atoms with Gasteiger partial charge in [0.2, 0.25) is 20.0 Å². The Balaban J connectivity index is 1.28. The largest absolute Gasteiger partial charge is 0.507 e. The van der Waals surface area contributed by atoms with Crippen molar-refractivity contribution >= 4 is 76.2 Å². The number of hydrazone groups is 2. The number of nitrogens with one attached hydrogen (secondary N) is 4. The van der Waals surface area contributed by atoms with Crippen molar-refractivity contribution in [1.82, 2.24) is 20.3 Å². The van der Waals surface area contributed by atoms with Crippen molar-refractivity contribution in [3.63, 3.8) is 0 Å². The van der Waals surface area contributed by atoms with Crippen molar-refractivity contribution in [2.45, 2.75) is 9.79 Å². The molecular weight excluding hydrogens is 796 g/mol. The van der Waals surface area contributed by atoms with E-state index in [1.54, 1.807) is 48.5 Å². The standard InChI is InChI=1S/C30H26Br2N6O8S2/c31-23-5-1-3-19(13-23)29(41)37-33-17-21-7-9-25(15-27(21)39)47(43,44)35-11-12-36-48(45,46)26-10-8-22(28(40)16-26)18-34-38-30(42)20-4-2-6-24(32)14-20/h1-10,13-18,35-36,39-40H,11-12H2,(H,37,41)(H,38,42)/b33-17-,34-18-. The Morgan fingerprint density at radius 2 is 1.02 bits per heavy atom. The highest BCUT2D eigenvalue weighted by atomic mass is 79.9. The van der Waals surface area contributed by atoms with E-state index in [-0.39, 0.29) is 34.0 Å². The molecule has 0 saturated carbocycles. The van der Waals surface area contributed by atoms with Gasteiger partial charge in [-0.25, -0.2) is 37.1 Å². The molecule has 4 rings (SSSR count). The minimum Gasteiger partial charge on any atom is -0.507 e. The summed E-state index contributed by atoms with van der Waals surface area (Å²) in [6, 6.07) is 20.1. The van der Waals surface area contributed by atoms with Gasteiger partial charge in [0, 0.05) is 56.4 Å². The van der Waals surface area contributed by atoms with Crippen LogP contribution in [0.2, 0.25) is 0 Å². The second-order valence-electron chi connectivity index (χ2n) is 9.66. The average Bonchev–Trinajstić information content (AvgIpc) is 3.04. The SMILES string of the molecule is O=C(N/N=C\c1ccc(S(=O)(=O)NCCNS(=O)(=O)c2ccc(/C=N\NC(=O)c3cccc(Br)c3)c(O)c2)cc1O)c1cccc(Br)c1. The van der Waals surface area contributed by atoms with Crippen molar-refractivity contribution in [3.05, 3.63) is 116 Å². The summed E-state index contributed by atoms with van der Waals surface area (Å²) in [5.41, 5.74) is 5.56. The van der Waals surface area contributed by atoms with E-state index < -0.39 is 43.4 Å². The molecule has 0 aliphatic rings. The molecule has 14 nitrogen and oxygen atoms in total. The number of benzene rings is 4. The highest BCUT2D eigenvalue weighted by Gasteiger charge is 2.18. The smallest absolute Gasteiger partial charge is 0.271 e. The number of sulfonamides is 2. The highest BCUT2D eigenvalue weighted by Crippen LogP contribution is 2.22. The fourth-order valence-corrected chi connectivity index (χ4v) is 6.75. The average molecular weight is 823 g/mol. The van der Waals surface area contributed by atoms with Crippen molar-refractivity contribution in [2.24, 2.45) is 10.2 Å². The number of phenols is 2. The molecule has 6 N–H and O–H groups in total. The molecule has 0 radical (unpaired) electrons. The molecule has 4 aromatic rings. The van der Waals surface area contributed by atoms with Gasteiger partial charge < -0.3 is 10.2 Å². The predicted octanol–water partition coefficient (Wildman–Crippen LogP) is 3.41. The number of aromatic hydroxyl groups is 2. The first-order chi connectivity index (χ1) is 22.7. The van der Waals surface area contributed by atoms with E-state index >= 15 is 0 Å². The Morgan fingerprint density at radius 1 is 0.625 bits per heavy atom. The maximum absolute atomic E-state index is 12.7. The van der Waals surface area contributed by atoms with E-state index in [2.05, 4.69) is 62.4 Å². The Kier molecular flexibility index (Phi) is 12.2.